The van der Waals surface area contributed by atoms with E-state index in [2.05, 4.69) is 16.0 Å². The highest BCUT2D eigenvalue weighted by Gasteiger charge is 2.11. The minimum Gasteiger partial charge on any atom is -0.324 e. The number of rotatable bonds is 2. The number of hydrogen-bond donors (Lipinski definition) is 1. The van der Waals surface area contributed by atoms with Crippen molar-refractivity contribution in [2.75, 3.05) is 13.1 Å². The Morgan fingerprint density at radius 1 is 1.11 bits per heavy atom. The molecule has 1 saturated heterocycles. The molecule has 0 atom stereocenters. The third-order valence-electron chi connectivity index (χ3n) is 3.65. The van der Waals surface area contributed by atoms with E-state index in [4.69, 9.17) is 0 Å². The lowest BCUT2D eigenvalue weighted by atomic mass is 10.1. The van der Waals surface area contributed by atoms with Gasteiger partial charge >= 0.3 is 0 Å². The average molecular weight is 242 g/mol. The number of piperidine rings is 1. The Hall–Kier alpha value is -1.61. The van der Waals surface area contributed by atoms with Crippen molar-refractivity contribution in [1.29, 1.82) is 0 Å². The molecule has 2 heterocycles. The Labute approximate surface area is 106 Å². The number of benzene rings is 1. The Balaban J connectivity index is 1.90. The fraction of sp³-hybridized carbons (Fsp3) is 0.400. The summed E-state index contributed by atoms with van der Waals surface area (Å²) < 4.78 is 0. The van der Waals surface area contributed by atoms with Gasteiger partial charge in [-0.3, -0.25) is 9.69 Å². The first-order chi connectivity index (χ1) is 8.83. The van der Waals surface area contributed by atoms with Gasteiger partial charge in [-0.2, -0.15) is 0 Å². The molecule has 0 saturated carbocycles. The Morgan fingerprint density at radius 2 is 1.89 bits per heavy atom. The first-order valence-electron chi connectivity index (χ1n) is 6.66. The molecule has 3 nitrogen and oxygen atoms in total. The first-order valence-corrected chi connectivity index (χ1v) is 6.66. The largest absolute Gasteiger partial charge is 0.324 e. The second-order valence-corrected chi connectivity index (χ2v) is 5.05. The third kappa shape index (κ3) is 2.31. The molecule has 3 rings (SSSR count). The van der Waals surface area contributed by atoms with Crippen molar-refractivity contribution in [1.82, 2.24) is 9.88 Å². The zero-order valence-corrected chi connectivity index (χ0v) is 10.5. The topological polar surface area (TPSA) is 36.1 Å². The van der Waals surface area contributed by atoms with Gasteiger partial charge in [-0.25, -0.2) is 0 Å². The summed E-state index contributed by atoms with van der Waals surface area (Å²) in [6, 6.07) is 9.86. The number of fused-ring (bicyclic) bond motifs is 1. The number of aromatic amines is 1. The summed E-state index contributed by atoms with van der Waals surface area (Å²) in [5, 5.41) is 1.81. The van der Waals surface area contributed by atoms with Gasteiger partial charge in [-0.05, 0) is 43.5 Å². The van der Waals surface area contributed by atoms with E-state index < -0.39 is 0 Å². The van der Waals surface area contributed by atoms with Crippen LogP contribution in [-0.4, -0.2) is 23.0 Å². The van der Waals surface area contributed by atoms with Gasteiger partial charge in [0.15, 0.2) is 0 Å². The molecule has 0 bridgehead atoms. The Morgan fingerprint density at radius 3 is 2.72 bits per heavy atom. The Bertz CT molecular complexity index is 597. The van der Waals surface area contributed by atoms with Crippen LogP contribution in [0.3, 0.4) is 0 Å². The van der Waals surface area contributed by atoms with Gasteiger partial charge in [-0.15, -0.1) is 0 Å². The van der Waals surface area contributed by atoms with Crippen LogP contribution in [0.2, 0.25) is 0 Å². The van der Waals surface area contributed by atoms with Crippen LogP contribution in [0.5, 0.6) is 0 Å². The fourth-order valence-electron chi connectivity index (χ4n) is 2.71. The first kappa shape index (κ1) is 11.5. The second kappa shape index (κ2) is 4.94. The number of pyridine rings is 1. The molecule has 0 amide bonds. The molecule has 0 unspecified atom stereocenters. The maximum atomic E-state index is 12.0. The van der Waals surface area contributed by atoms with Crippen LogP contribution in [-0.2, 0) is 6.54 Å². The van der Waals surface area contributed by atoms with E-state index in [1.807, 2.05) is 24.3 Å². The van der Waals surface area contributed by atoms with Crippen molar-refractivity contribution < 1.29 is 0 Å². The van der Waals surface area contributed by atoms with Gasteiger partial charge in [0.1, 0.15) is 0 Å². The molecule has 1 aliphatic rings. The molecular formula is C15H18N2O. The maximum Gasteiger partial charge on any atom is 0.256 e. The van der Waals surface area contributed by atoms with E-state index in [0.717, 1.165) is 36.1 Å². The molecule has 3 heteroatoms. The molecule has 0 radical (unpaired) electrons. The predicted molar refractivity (Wildman–Crippen MR) is 73.7 cm³/mol. The second-order valence-electron chi connectivity index (χ2n) is 5.05. The van der Waals surface area contributed by atoms with Gasteiger partial charge in [0, 0.05) is 17.6 Å². The number of nitrogens with zero attached hydrogens (tertiary/aromatic N) is 1. The summed E-state index contributed by atoms with van der Waals surface area (Å²) in [6.45, 7) is 3.16. The third-order valence-corrected chi connectivity index (χ3v) is 3.65. The van der Waals surface area contributed by atoms with Gasteiger partial charge in [0.25, 0.3) is 5.56 Å². The highest BCUT2D eigenvalue weighted by Crippen LogP contribution is 2.14. The lowest BCUT2D eigenvalue weighted by Gasteiger charge is -2.26. The van der Waals surface area contributed by atoms with Crippen LogP contribution < -0.4 is 5.56 Å². The van der Waals surface area contributed by atoms with Crippen molar-refractivity contribution >= 4 is 10.8 Å². The van der Waals surface area contributed by atoms with Crippen LogP contribution in [0.15, 0.2) is 35.1 Å². The zero-order chi connectivity index (χ0) is 12.4. The van der Waals surface area contributed by atoms with Gasteiger partial charge in [-0.1, -0.05) is 24.6 Å². The molecule has 94 valence electrons. The summed E-state index contributed by atoms with van der Waals surface area (Å²) in [5.41, 5.74) is 1.06. The van der Waals surface area contributed by atoms with E-state index in [0.29, 0.717) is 0 Å². The van der Waals surface area contributed by atoms with Gasteiger partial charge < -0.3 is 4.98 Å². The molecule has 1 fully saturated rings. The number of hydrogen-bond acceptors (Lipinski definition) is 2. The summed E-state index contributed by atoms with van der Waals surface area (Å²) in [6.07, 6.45) is 3.89. The van der Waals surface area contributed by atoms with E-state index in [-0.39, 0.29) is 5.56 Å². The number of H-pyrrole nitrogens is 1. The molecule has 1 aromatic heterocycles. The van der Waals surface area contributed by atoms with Crippen LogP contribution in [0.1, 0.15) is 25.0 Å². The molecule has 0 spiro atoms. The normalized spacial score (nSPS) is 17.1. The van der Waals surface area contributed by atoms with E-state index in [1.165, 1.54) is 19.3 Å². The standard InChI is InChI=1S/C15H18N2O/c18-15-14-7-3-2-6-12(14)10-13(16-15)11-17-8-4-1-5-9-17/h2-3,6-7,10H,1,4-5,8-9,11H2,(H,16,18). The van der Waals surface area contributed by atoms with Gasteiger partial charge in [0.05, 0.1) is 0 Å². The lowest BCUT2D eigenvalue weighted by Crippen LogP contribution is -2.30. The van der Waals surface area contributed by atoms with Crippen molar-refractivity contribution in [2.24, 2.45) is 0 Å². The number of likely N-dealkylation sites (tertiary alicyclic amines) is 1. The summed E-state index contributed by atoms with van der Waals surface area (Å²) >= 11 is 0. The van der Waals surface area contributed by atoms with E-state index in [1.54, 1.807) is 0 Å². The van der Waals surface area contributed by atoms with Crippen LogP contribution in [0.4, 0.5) is 0 Å². The SMILES string of the molecule is O=c1[nH]c(CN2CCCCC2)cc2ccccc12. The number of nitrogens with one attached hydrogen (secondary N) is 1. The molecule has 2 aromatic rings. The predicted octanol–water partition coefficient (Wildman–Crippen LogP) is 2.51. The summed E-state index contributed by atoms with van der Waals surface area (Å²) in [4.78, 5) is 17.4. The van der Waals surface area contributed by atoms with Crippen molar-refractivity contribution in [2.45, 2.75) is 25.8 Å². The van der Waals surface area contributed by atoms with Crippen molar-refractivity contribution in [3.05, 3.63) is 46.4 Å². The molecule has 1 aliphatic heterocycles. The summed E-state index contributed by atoms with van der Waals surface area (Å²) in [7, 11) is 0. The monoisotopic (exact) mass is 242 g/mol. The highest BCUT2D eigenvalue weighted by molar-refractivity contribution is 5.81. The van der Waals surface area contributed by atoms with E-state index in [9.17, 15) is 4.79 Å². The number of aromatic nitrogens is 1. The fourth-order valence-corrected chi connectivity index (χ4v) is 2.71. The molecule has 0 aliphatic carbocycles. The summed E-state index contributed by atoms with van der Waals surface area (Å²) in [5.74, 6) is 0. The van der Waals surface area contributed by atoms with Gasteiger partial charge in [0.2, 0.25) is 0 Å². The minimum absolute atomic E-state index is 0.0279. The zero-order valence-electron chi connectivity index (χ0n) is 10.5. The van der Waals surface area contributed by atoms with Crippen molar-refractivity contribution in [3.8, 4) is 0 Å². The quantitative estimate of drug-likeness (QED) is 0.878. The van der Waals surface area contributed by atoms with Crippen molar-refractivity contribution in [3.63, 3.8) is 0 Å². The van der Waals surface area contributed by atoms with Crippen LogP contribution in [0, 0.1) is 0 Å². The van der Waals surface area contributed by atoms with E-state index >= 15 is 0 Å². The smallest absolute Gasteiger partial charge is 0.256 e. The average Bonchev–Trinajstić information content (AvgIpc) is 2.40. The molecular weight excluding hydrogens is 224 g/mol. The molecule has 1 aromatic carbocycles. The van der Waals surface area contributed by atoms with Crippen LogP contribution in [0.25, 0.3) is 10.8 Å². The molecule has 18 heavy (non-hydrogen) atoms. The minimum atomic E-state index is 0.0279. The van der Waals surface area contributed by atoms with Crippen LogP contribution >= 0.6 is 0 Å². The highest BCUT2D eigenvalue weighted by atomic mass is 16.1. The Kier molecular flexibility index (Phi) is 3.15. The lowest BCUT2D eigenvalue weighted by molar-refractivity contribution is 0.218. The molecule has 1 N–H and O–H groups in total. The maximum absolute atomic E-state index is 12.0.